The summed E-state index contributed by atoms with van der Waals surface area (Å²) in [6.07, 6.45) is 0.896. The van der Waals surface area contributed by atoms with Crippen LogP contribution in [0.3, 0.4) is 0 Å². The highest BCUT2D eigenvalue weighted by Gasteiger charge is 2.28. The molecule has 170 valence electrons. The Balaban J connectivity index is 1.70. The number of nitrogens with one attached hydrogen (secondary N) is 1. The zero-order chi connectivity index (χ0) is 22.6. The van der Waals surface area contributed by atoms with Crippen molar-refractivity contribution < 1.29 is 17.9 Å². The Bertz CT molecular complexity index is 1020. The van der Waals surface area contributed by atoms with Gasteiger partial charge in [-0.3, -0.25) is 9.69 Å². The van der Waals surface area contributed by atoms with Crippen molar-refractivity contribution in [2.75, 3.05) is 38.7 Å². The number of anilines is 1. The van der Waals surface area contributed by atoms with Crippen LogP contribution in [-0.2, 0) is 32.5 Å². The standard InChI is InChI=1S/C21H30N4O4S2/c1-5-20-22-18(14-30-20)13-24(4)16(3)21(26)23-17-7-6-15(2)19(12-17)31(27,28)25-8-10-29-11-9-25/h6-7,12,14,16H,5,8-11,13H2,1-4H3,(H,23,26). The molecule has 1 unspecified atom stereocenters. The average molecular weight is 467 g/mol. The summed E-state index contributed by atoms with van der Waals surface area (Å²) in [5.41, 5.74) is 2.05. The second kappa shape index (κ2) is 10.2. The van der Waals surface area contributed by atoms with Crippen LogP contribution in [0.25, 0.3) is 0 Å². The molecule has 1 aromatic carbocycles. The average Bonchev–Trinajstić information content (AvgIpc) is 3.22. The number of likely N-dealkylation sites (N-methyl/N-ethyl adjacent to an activating group) is 1. The van der Waals surface area contributed by atoms with Gasteiger partial charge in [0.2, 0.25) is 15.9 Å². The third-order valence-corrected chi connectivity index (χ3v) is 8.48. The van der Waals surface area contributed by atoms with Gasteiger partial charge in [0.25, 0.3) is 0 Å². The molecule has 0 bridgehead atoms. The van der Waals surface area contributed by atoms with Crippen molar-refractivity contribution in [3.8, 4) is 0 Å². The number of sulfonamides is 1. The van der Waals surface area contributed by atoms with Crippen molar-refractivity contribution in [1.82, 2.24) is 14.2 Å². The molecule has 1 saturated heterocycles. The molecule has 2 heterocycles. The summed E-state index contributed by atoms with van der Waals surface area (Å²) in [5, 5.41) is 5.96. The maximum Gasteiger partial charge on any atom is 0.243 e. The monoisotopic (exact) mass is 466 g/mol. The number of hydrogen-bond acceptors (Lipinski definition) is 7. The molecular weight excluding hydrogens is 436 g/mol. The first-order chi connectivity index (χ1) is 14.7. The lowest BCUT2D eigenvalue weighted by atomic mass is 10.2. The van der Waals surface area contributed by atoms with E-state index in [0.29, 0.717) is 44.1 Å². The Morgan fingerprint density at radius 3 is 2.71 bits per heavy atom. The molecule has 31 heavy (non-hydrogen) atoms. The lowest BCUT2D eigenvalue weighted by Gasteiger charge is -2.27. The van der Waals surface area contributed by atoms with Crippen LogP contribution >= 0.6 is 11.3 Å². The normalized spacial score (nSPS) is 16.4. The molecule has 1 aromatic heterocycles. The van der Waals surface area contributed by atoms with Crippen LogP contribution in [0.1, 0.15) is 30.1 Å². The van der Waals surface area contributed by atoms with E-state index >= 15 is 0 Å². The van der Waals surface area contributed by atoms with Gasteiger partial charge in [-0.15, -0.1) is 11.3 Å². The van der Waals surface area contributed by atoms with Gasteiger partial charge in [-0.25, -0.2) is 13.4 Å². The number of hydrogen-bond donors (Lipinski definition) is 1. The highest BCUT2D eigenvalue weighted by molar-refractivity contribution is 7.89. The summed E-state index contributed by atoms with van der Waals surface area (Å²) in [6.45, 7) is 7.64. The summed E-state index contributed by atoms with van der Waals surface area (Å²) < 4.78 is 32.8. The van der Waals surface area contributed by atoms with Gasteiger partial charge in [0.1, 0.15) is 0 Å². The van der Waals surface area contributed by atoms with Gasteiger partial charge in [-0.2, -0.15) is 4.31 Å². The predicted octanol–water partition coefficient (Wildman–Crippen LogP) is 2.49. The van der Waals surface area contributed by atoms with E-state index in [2.05, 4.69) is 17.2 Å². The van der Waals surface area contributed by atoms with Crippen LogP contribution in [0, 0.1) is 6.92 Å². The van der Waals surface area contributed by atoms with Crippen LogP contribution in [0.5, 0.6) is 0 Å². The Labute approximate surface area is 188 Å². The topological polar surface area (TPSA) is 91.8 Å². The molecule has 1 N–H and O–H groups in total. The van der Waals surface area contributed by atoms with Gasteiger partial charge < -0.3 is 10.1 Å². The zero-order valence-electron chi connectivity index (χ0n) is 18.4. The first-order valence-electron chi connectivity index (χ1n) is 10.3. The number of nitrogens with zero attached hydrogens (tertiary/aromatic N) is 3. The van der Waals surface area contributed by atoms with E-state index in [0.717, 1.165) is 17.1 Å². The second-order valence-electron chi connectivity index (χ2n) is 7.66. The third kappa shape index (κ3) is 5.69. The van der Waals surface area contributed by atoms with Crippen molar-refractivity contribution in [2.24, 2.45) is 0 Å². The molecule has 1 aliphatic heterocycles. The number of amides is 1. The quantitative estimate of drug-likeness (QED) is 0.643. The minimum Gasteiger partial charge on any atom is -0.379 e. The Morgan fingerprint density at radius 1 is 1.35 bits per heavy atom. The van der Waals surface area contributed by atoms with E-state index in [4.69, 9.17) is 4.74 Å². The molecule has 0 radical (unpaired) electrons. The molecule has 10 heteroatoms. The van der Waals surface area contributed by atoms with E-state index in [1.807, 2.05) is 24.3 Å². The van der Waals surface area contributed by atoms with Crippen LogP contribution in [0.2, 0.25) is 0 Å². The predicted molar refractivity (Wildman–Crippen MR) is 122 cm³/mol. The Morgan fingerprint density at radius 2 is 2.06 bits per heavy atom. The van der Waals surface area contributed by atoms with E-state index in [-0.39, 0.29) is 10.8 Å². The Hall–Kier alpha value is -1.85. The van der Waals surface area contributed by atoms with Crippen LogP contribution < -0.4 is 5.32 Å². The molecule has 1 amide bonds. The molecule has 3 rings (SSSR count). The maximum absolute atomic E-state index is 13.1. The second-order valence-corrected chi connectivity index (χ2v) is 10.5. The van der Waals surface area contributed by atoms with Crippen molar-refractivity contribution >= 4 is 33.0 Å². The first-order valence-corrected chi connectivity index (χ1v) is 12.7. The molecule has 0 saturated carbocycles. The number of rotatable bonds is 8. The van der Waals surface area contributed by atoms with Crippen molar-refractivity contribution in [2.45, 2.75) is 44.7 Å². The molecule has 2 aromatic rings. The molecule has 1 atom stereocenters. The molecule has 0 spiro atoms. The van der Waals surface area contributed by atoms with Crippen LogP contribution in [-0.4, -0.2) is 67.9 Å². The molecule has 1 fully saturated rings. The molecule has 8 nitrogen and oxygen atoms in total. The minimum atomic E-state index is -3.64. The summed E-state index contributed by atoms with van der Waals surface area (Å²) in [4.78, 5) is 19.5. The number of aryl methyl sites for hydroxylation is 2. The minimum absolute atomic E-state index is 0.202. The highest BCUT2D eigenvalue weighted by atomic mass is 32.2. The highest BCUT2D eigenvalue weighted by Crippen LogP contribution is 2.24. The van der Waals surface area contributed by atoms with Crippen LogP contribution in [0.4, 0.5) is 5.69 Å². The number of carbonyl (C=O) groups excluding carboxylic acids is 1. The van der Waals surface area contributed by atoms with E-state index in [9.17, 15) is 13.2 Å². The van der Waals surface area contributed by atoms with Gasteiger partial charge in [-0.1, -0.05) is 13.0 Å². The van der Waals surface area contributed by atoms with Crippen molar-refractivity contribution in [3.05, 3.63) is 39.8 Å². The van der Waals surface area contributed by atoms with E-state index < -0.39 is 16.1 Å². The van der Waals surface area contributed by atoms with Gasteiger partial charge in [0.15, 0.2) is 0 Å². The number of benzene rings is 1. The fraction of sp³-hybridized carbons (Fsp3) is 0.524. The number of aromatic nitrogens is 1. The van der Waals surface area contributed by atoms with Crippen molar-refractivity contribution in [3.63, 3.8) is 0 Å². The number of carbonyl (C=O) groups is 1. The molecular formula is C21H30N4O4S2. The van der Waals surface area contributed by atoms with Crippen molar-refractivity contribution in [1.29, 1.82) is 0 Å². The smallest absolute Gasteiger partial charge is 0.243 e. The maximum atomic E-state index is 13.1. The molecule has 0 aliphatic carbocycles. The zero-order valence-corrected chi connectivity index (χ0v) is 20.1. The fourth-order valence-corrected chi connectivity index (χ4v) is 5.70. The number of thiazole rings is 1. The Kier molecular flexibility index (Phi) is 7.82. The molecule has 1 aliphatic rings. The van der Waals surface area contributed by atoms with Gasteiger partial charge in [0, 0.05) is 30.7 Å². The van der Waals surface area contributed by atoms with Gasteiger partial charge in [-0.05, 0) is 45.0 Å². The summed E-state index contributed by atoms with van der Waals surface area (Å²) in [5.74, 6) is -0.202. The lowest BCUT2D eigenvalue weighted by Crippen LogP contribution is -2.41. The van der Waals surface area contributed by atoms with E-state index in [1.54, 1.807) is 36.5 Å². The fourth-order valence-electron chi connectivity index (χ4n) is 3.31. The number of morpholine rings is 1. The lowest BCUT2D eigenvalue weighted by molar-refractivity contribution is -0.120. The van der Waals surface area contributed by atoms with Gasteiger partial charge >= 0.3 is 0 Å². The number of ether oxygens (including phenoxy) is 1. The summed E-state index contributed by atoms with van der Waals surface area (Å²) in [7, 11) is -1.77. The first kappa shape index (κ1) is 23.8. The van der Waals surface area contributed by atoms with Crippen LogP contribution in [0.15, 0.2) is 28.5 Å². The van der Waals surface area contributed by atoms with Gasteiger partial charge in [0.05, 0.1) is 34.9 Å². The largest absolute Gasteiger partial charge is 0.379 e. The van der Waals surface area contributed by atoms with E-state index in [1.165, 1.54) is 4.31 Å². The SMILES string of the molecule is CCc1nc(CN(C)C(C)C(=O)Nc2ccc(C)c(S(=O)(=O)N3CCOCC3)c2)cs1. The third-order valence-electron chi connectivity index (χ3n) is 5.40. The summed E-state index contributed by atoms with van der Waals surface area (Å²) >= 11 is 1.62. The summed E-state index contributed by atoms with van der Waals surface area (Å²) in [6, 6.07) is 4.58.